The highest BCUT2D eigenvalue weighted by atomic mass is 16.5. The third-order valence-electron chi connectivity index (χ3n) is 3.80. The molecule has 1 saturated carbocycles. The molecule has 0 aliphatic heterocycles. The topological polar surface area (TPSA) is 77.8 Å². The quantitative estimate of drug-likeness (QED) is 0.895. The summed E-state index contributed by atoms with van der Waals surface area (Å²) in [7, 11) is 0. The second-order valence-electron chi connectivity index (χ2n) is 5.18. The SMILES string of the molecule is Cc1cccnc1-c1noc(C2CCCCC2N)n1. The van der Waals surface area contributed by atoms with Crippen molar-refractivity contribution >= 4 is 0 Å². The Bertz CT molecular complexity index is 566. The normalized spacial score (nSPS) is 23.5. The zero-order valence-electron chi connectivity index (χ0n) is 11.0. The van der Waals surface area contributed by atoms with Crippen LogP contribution in [0.15, 0.2) is 22.9 Å². The van der Waals surface area contributed by atoms with Gasteiger partial charge in [0.2, 0.25) is 11.7 Å². The van der Waals surface area contributed by atoms with Crippen molar-refractivity contribution in [2.24, 2.45) is 5.73 Å². The van der Waals surface area contributed by atoms with Crippen LogP contribution in [-0.2, 0) is 0 Å². The van der Waals surface area contributed by atoms with Crippen LogP contribution < -0.4 is 5.73 Å². The number of nitrogens with zero attached hydrogens (tertiary/aromatic N) is 3. The van der Waals surface area contributed by atoms with Gasteiger partial charge < -0.3 is 10.3 Å². The first kappa shape index (κ1) is 12.3. The molecule has 1 fully saturated rings. The lowest BCUT2D eigenvalue weighted by atomic mass is 9.85. The van der Waals surface area contributed by atoms with Gasteiger partial charge in [0.25, 0.3) is 0 Å². The van der Waals surface area contributed by atoms with Crippen molar-refractivity contribution in [1.29, 1.82) is 0 Å². The summed E-state index contributed by atoms with van der Waals surface area (Å²) in [5, 5.41) is 4.05. The minimum absolute atomic E-state index is 0.131. The van der Waals surface area contributed by atoms with E-state index in [-0.39, 0.29) is 12.0 Å². The number of aromatic nitrogens is 3. The number of nitrogens with two attached hydrogens (primary N) is 1. The van der Waals surface area contributed by atoms with E-state index in [0.717, 1.165) is 24.1 Å². The van der Waals surface area contributed by atoms with E-state index in [1.54, 1.807) is 6.20 Å². The molecule has 0 amide bonds. The fraction of sp³-hybridized carbons (Fsp3) is 0.500. The number of rotatable bonds is 2. The van der Waals surface area contributed by atoms with Crippen molar-refractivity contribution in [2.45, 2.75) is 44.6 Å². The van der Waals surface area contributed by atoms with Gasteiger partial charge in [-0.05, 0) is 31.4 Å². The predicted molar refractivity (Wildman–Crippen MR) is 71.5 cm³/mol. The van der Waals surface area contributed by atoms with Crippen molar-refractivity contribution in [3.8, 4) is 11.5 Å². The standard InChI is InChI=1S/C14H18N4O/c1-9-5-4-8-16-12(9)13-17-14(19-18-13)10-6-2-3-7-11(10)15/h4-5,8,10-11H,2-3,6-7,15H2,1H3. The first-order valence-electron chi connectivity index (χ1n) is 6.77. The van der Waals surface area contributed by atoms with E-state index in [2.05, 4.69) is 15.1 Å². The van der Waals surface area contributed by atoms with Crippen LogP contribution in [-0.4, -0.2) is 21.2 Å². The fourth-order valence-corrected chi connectivity index (χ4v) is 2.67. The molecular formula is C14H18N4O. The molecule has 100 valence electrons. The van der Waals surface area contributed by atoms with Gasteiger partial charge in [-0.3, -0.25) is 4.98 Å². The maximum Gasteiger partial charge on any atom is 0.231 e. The van der Waals surface area contributed by atoms with Crippen LogP contribution in [0, 0.1) is 6.92 Å². The Morgan fingerprint density at radius 3 is 2.95 bits per heavy atom. The Hall–Kier alpha value is -1.75. The largest absolute Gasteiger partial charge is 0.339 e. The van der Waals surface area contributed by atoms with Gasteiger partial charge in [-0.15, -0.1) is 0 Å². The van der Waals surface area contributed by atoms with Gasteiger partial charge in [0.05, 0.1) is 5.92 Å². The molecule has 1 aliphatic rings. The minimum Gasteiger partial charge on any atom is -0.339 e. The Labute approximate surface area is 112 Å². The first-order valence-corrected chi connectivity index (χ1v) is 6.77. The molecule has 1 aliphatic carbocycles. The van der Waals surface area contributed by atoms with E-state index in [4.69, 9.17) is 10.3 Å². The average Bonchev–Trinajstić information content (AvgIpc) is 2.89. The molecule has 5 nitrogen and oxygen atoms in total. The number of pyridine rings is 1. The summed E-state index contributed by atoms with van der Waals surface area (Å²) in [5.74, 6) is 1.41. The van der Waals surface area contributed by atoms with Gasteiger partial charge in [0, 0.05) is 12.2 Å². The van der Waals surface area contributed by atoms with Gasteiger partial charge in [-0.2, -0.15) is 4.98 Å². The lowest BCUT2D eigenvalue weighted by Gasteiger charge is -2.25. The second kappa shape index (κ2) is 5.09. The molecule has 2 heterocycles. The maximum atomic E-state index is 6.15. The van der Waals surface area contributed by atoms with Crippen LogP contribution in [0.5, 0.6) is 0 Å². The van der Waals surface area contributed by atoms with Gasteiger partial charge in [-0.1, -0.05) is 24.1 Å². The molecule has 0 bridgehead atoms. The molecule has 0 saturated heterocycles. The Morgan fingerprint density at radius 1 is 1.32 bits per heavy atom. The third kappa shape index (κ3) is 2.38. The second-order valence-corrected chi connectivity index (χ2v) is 5.18. The summed E-state index contributed by atoms with van der Waals surface area (Å²) in [6, 6.07) is 4.02. The fourth-order valence-electron chi connectivity index (χ4n) is 2.67. The van der Waals surface area contributed by atoms with Crippen LogP contribution in [0.2, 0.25) is 0 Å². The molecule has 0 radical (unpaired) electrons. The number of hydrogen-bond acceptors (Lipinski definition) is 5. The molecule has 5 heteroatoms. The molecule has 2 unspecified atom stereocenters. The van der Waals surface area contributed by atoms with E-state index in [0.29, 0.717) is 11.7 Å². The highest BCUT2D eigenvalue weighted by Crippen LogP contribution is 2.31. The van der Waals surface area contributed by atoms with Crippen LogP contribution in [0.25, 0.3) is 11.5 Å². The lowest BCUT2D eigenvalue weighted by Crippen LogP contribution is -2.31. The maximum absolute atomic E-state index is 6.15. The molecule has 0 spiro atoms. The van der Waals surface area contributed by atoms with Crippen molar-refractivity contribution in [3.05, 3.63) is 29.8 Å². The van der Waals surface area contributed by atoms with Gasteiger partial charge in [0.1, 0.15) is 5.69 Å². The van der Waals surface area contributed by atoms with Gasteiger partial charge >= 0.3 is 0 Å². The van der Waals surface area contributed by atoms with Crippen molar-refractivity contribution in [2.75, 3.05) is 0 Å². The molecule has 2 aromatic heterocycles. The van der Waals surface area contributed by atoms with Gasteiger partial charge in [0.15, 0.2) is 0 Å². The van der Waals surface area contributed by atoms with Crippen LogP contribution in [0.3, 0.4) is 0 Å². The monoisotopic (exact) mass is 258 g/mol. The smallest absolute Gasteiger partial charge is 0.231 e. The third-order valence-corrected chi connectivity index (χ3v) is 3.80. The van der Waals surface area contributed by atoms with Crippen LogP contribution in [0.4, 0.5) is 0 Å². The zero-order valence-corrected chi connectivity index (χ0v) is 11.0. The van der Waals surface area contributed by atoms with Crippen molar-refractivity contribution < 1.29 is 4.52 Å². The highest BCUT2D eigenvalue weighted by molar-refractivity contribution is 5.53. The van der Waals surface area contributed by atoms with E-state index >= 15 is 0 Å². The van der Waals surface area contributed by atoms with Crippen molar-refractivity contribution in [1.82, 2.24) is 15.1 Å². The minimum atomic E-state index is 0.131. The predicted octanol–water partition coefficient (Wildman–Crippen LogP) is 2.42. The Balaban J connectivity index is 1.89. The van der Waals surface area contributed by atoms with E-state index in [9.17, 15) is 0 Å². The molecule has 0 aromatic carbocycles. The number of hydrogen-bond donors (Lipinski definition) is 1. The summed E-state index contributed by atoms with van der Waals surface area (Å²) < 4.78 is 5.40. The Kier molecular flexibility index (Phi) is 3.29. The summed E-state index contributed by atoms with van der Waals surface area (Å²) >= 11 is 0. The average molecular weight is 258 g/mol. The van der Waals surface area contributed by atoms with E-state index in [1.807, 2.05) is 19.1 Å². The Morgan fingerprint density at radius 2 is 2.16 bits per heavy atom. The molecule has 2 atom stereocenters. The summed E-state index contributed by atoms with van der Waals surface area (Å²) in [6.07, 6.45) is 6.18. The zero-order chi connectivity index (χ0) is 13.2. The lowest BCUT2D eigenvalue weighted by molar-refractivity contribution is 0.290. The molecular weight excluding hydrogens is 240 g/mol. The number of aryl methyl sites for hydroxylation is 1. The summed E-state index contributed by atoms with van der Waals surface area (Å²) in [5.41, 5.74) is 7.97. The van der Waals surface area contributed by atoms with E-state index in [1.165, 1.54) is 12.8 Å². The highest BCUT2D eigenvalue weighted by Gasteiger charge is 2.28. The molecule has 3 rings (SSSR count). The molecule has 19 heavy (non-hydrogen) atoms. The molecule has 2 aromatic rings. The van der Waals surface area contributed by atoms with Gasteiger partial charge in [-0.25, -0.2) is 0 Å². The molecule has 2 N–H and O–H groups in total. The van der Waals surface area contributed by atoms with E-state index < -0.39 is 0 Å². The summed E-state index contributed by atoms with van der Waals surface area (Å²) in [4.78, 5) is 8.80. The van der Waals surface area contributed by atoms with Crippen molar-refractivity contribution in [3.63, 3.8) is 0 Å². The summed E-state index contributed by atoms with van der Waals surface area (Å²) in [6.45, 7) is 1.99. The van der Waals surface area contributed by atoms with Crippen LogP contribution >= 0.6 is 0 Å². The first-order chi connectivity index (χ1) is 9.25. The van der Waals surface area contributed by atoms with Crippen LogP contribution in [0.1, 0.15) is 43.1 Å².